The van der Waals surface area contributed by atoms with Gasteiger partial charge in [-0.25, -0.2) is 0 Å². The average molecular weight is 238 g/mol. The highest BCUT2D eigenvalue weighted by molar-refractivity contribution is 9.22. The van der Waals surface area contributed by atoms with Crippen molar-refractivity contribution in [2.24, 2.45) is 0 Å². The molecule has 0 bridgehead atoms. The van der Waals surface area contributed by atoms with Crippen molar-refractivity contribution in [1.82, 2.24) is 2.36 Å². The van der Waals surface area contributed by atoms with Gasteiger partial charge in [0, 0.05) is 43.6 Å². The van der Waals surface area contributed by atoms with E-state index in [2.05, 4.69) is 32.3 Å². The second-order valence-corrected chi connectivity index (χ2v) is 4.53. The van der Waals surface area contributed by atoms with Gasteiger partial charge in [0.2, 0.25) is 0 Å². The van der Waals surface area contributed by atoms with Crippen LogP contribution in [0.3, 0.4) is 0 Å². The van der Waals surface area contributed by atoms with E-state index in [9.17, 15) is 8.76 Å². The van der Waals surface area contributed by atoms with Crippen LogP contribution >= 0.6 is 32.3 Å². The fourth-order valence-electron chi connectivity index (χ4n) is 0. The van der Waals surface area contributed by atoms with E-state index < -0.39 is 11.3 Å². The zero-order valence-corrected chi connectivity index (χ0v) is 6.42. The standard InChI is InChI=1S/Br2HNO2S/c1-3(2)6(4)5/h(H,4,5)/p-1. The Morgan fingerprint density at radius 2 is 1.83 bits per heavy atom. The van der Waals surface area contributed by atoms with Crippen LogP contribution in [0.2, 0.25) is 0 Å². The summed E-state index contributed by atoms with van der Waals surface area (Å²) < 4.78 is 19.8. The second-order valence-electron chi connectivity index (χ2n) is 0.419. The molecule has 1 unspecified atom stereocenters. The predicted octanol–water partition coefficient (Wildman–Crippen LogP) is 0.702. The minimum absolute atomic E-state index is 0.708. The van der Waals surface area contributed by atoms with Crippen molar-refractivity contribution >= 4 is 43.6 Å². The third kappa shape index (κ3) is 3.23. The van der Waals surface area contributed by atoms with Gasteiger partial charge in [-0.1, -0.05) is 0 Å². The van der Waals surface area contributed by atoms with Gasteiger partial charge in [0.25, 0.3) is 0 Å². The largest absolute Gasteiger partial charge is 0.758 e. The molecule has 0 N–H and O–H groups in total. The molecule has 0 aliphatic heterocycles. The van der Waals surface area contributed by atoms with E-state index in [-0.39, 0.29) is 0 Å². The molecular weight excluding hydrogens is 238 g/mol. The molecular formula is Br2NO2S-. The van der Waals surface area contributed by atoms with Gasteiger partial charge in [-0.2, -0.15) is 0 Å². The minimum Gasteiger partial charge on any atom is -0.758 e. The van der Waals surface area contributed by atoms with E-state index in [0.717, 1.165) is 0 Å². The number of hydrogen-bond acceptors (Lipinski definition) is 2. The van der Waals surface area contributed by atoms with E-state index in [1.807, 2.05) is 0 Å². The zero-order valence-electron chi connectivity index (χ0n) is 2.43. The molecule has 0 aromatic carbocycles. The number of hydrogen-bond donors (Lipinski definition) is 0. The molecule has 0 aromatic heterocycles. The van der Waals surface area contributed by atoms with Crippen molar-refractivity contribution in [3.05, 3.63) is 0 Å². The van der Waals surface area contributed by atoms with Crippen molar-refractivity contribution in [1.29, 1.82) is 0 Å². The van der Waals surface area contributed by atoms with Gasteiger partial charge in [-0.3, -0.25) is 4.21 Å². The first-order valence-corrected chi connectivity index (χ1v) is 3.30. The summed E-state index contributed by atoms with van der Waals surface area (Å²) in [6, 6.07) is 0. The smallest absolute Gasteiger partial charge is 0.0424 e. The molecule has 38 valence electrons. The van der Waals surface area contributed by atoms with Crippen LogP contribution in [-0.2, 0) is 11.3 Å². The van der Waals surface area contributed by atoms with Gasteiger partial charge in [-0.15, -0.1) is 2.36 Å². The van der Waals surface area contributed by atoms with Crippen molar-refractivity contribution in [3.8, 4) is 0 Å². The van der Waals surface area contributed by atoms with Gasteiger partial charge < -0.3 is 4.55 Å². The Labute approximate surface area is 54.8 Å². The Bertz CT molecular complexity index is 62.6. The van der Waals surface area contributed by atoms with E-state index in [1.54, 1.807) is 0 Å². The van der Waals surface area contributed by atoms with E-state index >= 15 is 0 Å². The first-order valence-electron chi connectivity index (χ1n) is 0.854. The Hall–Kier alpha value is 1.03. The Morgan fingerprint density at radius 3 is 1.83 bits per heavy atom. The predicted molar refractivity (Wildman–Crippen MR) is 28.6 cm³/mol. The lowest BCUT2D eigenvalue weighted by molar-refractivity contribution is 0.525. The van der Waals surface area contributed by atoms with Gasteiger partial charge in [-0.05, 0) is 0 Å². The lowest BCUT2D eigenvalue weighted by atomic mass is 13.9. The molecule has 0 heterocycles. The van der Waals surface area contributed by atoms with Gasteiger partial charge in [0.05, 0.1) is 0 Å². The first-order chi connectivity index (χ1) is 2.64. The van der Waals surface area contributed by atoms with Crippen LogP contribution in [0, 0.1) is 0 Å². The van der Waals surface area contributed by atoms with Crippen LogP contribution in [0.25, 0.3) is 0 Å². The van der Waals surface area contributed by atoms with Crippen LogP contribution in [0.1, 0.15) is 0 Å². The maximum atomic E-state index is 9.53. The summed E-state index contributed by atoms with van der Waals surface area (Å²) in [7, 11) is 0. The summed E-state index contributed by atoms with van der Waals surface area (Å²) in [6.45, 7) is 0. The van der Waals surface area contributed by atoms with Crippen LogP contribution in [0.5, 0.6) is 0 Å². The molecule has 0 aromatic rings. The molecule has 0 aliphatic rings. The minimum atomic E-state index is -2.20. The quantitative estimate of drug-likeness (QED) is 0.498. The molecule has 3 nitrogen and oxygen atoms in total. The number of halogens is 2. The van der Waals surface area contributed by atoms with Crippen LogP contribution in [-0.4, -0.2) is 11.1 Å². The summed E-state index contributed by atoms with van der Waals surface area (Å²) in [5.74, 6) is 0. The van der Waals surface area contributed by atoms with Crippen molar-refractivity contribution in [2.45, 2.75) is 0 Å². The molecule has 0 rings (SSSR count). The highest BCUT2D eigenvalue weighted by atomic mass is 79.9. The SMILES string of the molecule is O=S([O-])N(Br)Br. The molecule has 0 saturated heterocycles. The topological polar surface area (TPSA) is 43.4 Å². The lowest BCUT2D eigenvalue weighted by Gasteiger charge is -2.04. The van der Waals surface area contributed by atoms with Crippen molar-refractivity contribution < 1.29 is 8.76 Å². The number of rotatable bonds is 1. The van der Waals surface area contributed by atoms with Crippen molar-refractivity contribution in [2.75, 3.05) is 0 Å². The fourth-order valence-corrected chi connectivity index (χ4v) is 0. The molecule has 0 amide bonds. The maximum Gasteiger partial charge on any atom is 0.0424 e. The summed E-state index contributed by atoms with van der Waals surface area (Å²) in [5, 5.41) is 0. The Balaban J connectivity index is 3.26. The monoisotopic (exact) mass is 236 g/mol. The van der Waals surface area contributed by atoms with E-state index in [0.29, 0.717) is 2.36 Å². The molecule has 0 aliphatic carbocycles. The van der Waals surface area contributed by atoms with Crippen LogP contribution in [0.4, 0.5) is 0 Å². The summed E-state index contributed by atoms with van der Waals surface area (Å²) in [5.41, 5.74) is 0. The molecule has 6 heteroatoms. The van der Waals surface area contributed by atoms with Gasteiger partial charge >= 0.3 is 0 Å². The maximum absolute atomic E-state index is 9.53. The van der Waals surface area contributed by atoms with E-state index in [4.69, 9.17) is 0 Å². The second kappa shape index (κ2) is 3.09. The zero-order chi connectivity index (χ0) is 5.15. The Kier molecular flexibility index (Phi) is 3.62. The summed E-state index contributed by atoms with van der Waals surface area (Å²) in [6.07, 6.45) is 0. The van der Waals surface area contributed by atoms with Gasteiger partial charge in [0.1, 0.15) is 0 Å². The molecule has 1 atom stereocenters. The average Bonchev–Trinajstić information content (AvgIpc) is 1.36. The Morgan fingerprint density at radius 1 is 1.67 bits per heavy atom. The number of nitrogens with zero attached hydrogens (tertiary/aromatic N) is 1. The normalized spacial score (nSPS) is 15.3. The summed E-state index contributed by atoms with van der Waals surface area (Å²) >= 11 is 2.95. The first kappa shape index (κ1) is 7.03. The fraction of sp³-hybridized carbons (Fsp3) is 0. The van der Waals surface area contributed by atoms with Gasteiger partial charge in [0.15, 0.2) is 0 Å². The molecule has 0 spiro atoms. The highest BCUT2D eigenvalue weighted by Crippen LogP contribution is 2.05. The third-order valence-electron chi connectivity index (χ3n) is 0.113. The lowest BCUT2D eigenvalue weighted by Crippen LogP contribution is -1.97. The molecule has 0 saturated carbocycles. The third-order valence-corrected chi connectivity index (χ3v) is 1.76. The van der Waals surface area contributed by atoms with Crippen molar-refractivity contribution in [3.63, 3.8) is 0 Å². The van der Waals surface area contributed by atoms with Crippen LogP contribution < -0.4 is 0 Å². The highest BCUT2D eigenvalue weighted by Gasteiger charge is 1.85. The molecule has 0 fully saturated rings. The summed E-state index contributed by atoms with van der Waals surface area (Å²) in [4.78, 5) is 0. The molecule has 0 radical (unpaired) electrons. The van der Waals surface area contributed by atoms with Crippen LogP contribution in [0.15, 0.2) is 0 Å². The molecule has 6 heavy (non-hydrogen) atoms. The van der Waals surface area contributed by atoms with E-state index in [1.165, 1.54) is 0 Å².